The number of piperidine rings is 1. The molecule has 2 aromatic rings. The van der Waals surface area contributed by atoms with Crippen molar-refractivity contribution in [3.63, 3.8) is 0 Å². The van der Waals surface area contributed by atoms with Gasteiger partial charge in [0.15, 0.2) is 0 Å². The largest absolute Gasteiger partial charge is 0.493 e. The highest BCUT2D eigenvalue weighted by Crippen LogP contribution is 2.33. The molecule has 0 spiro atoms. The molecule has 1 aliphatic rings. The molecule has 0 atom stereocenters. The van der Waals surface area contributed by atoms with Gasteiger partial charge >= 0.3 is 5.97 Å². The Kier molecular flexibility index (Phi) is 9.30. The second-order valence-corrected chi connectivity index (χ2v) is 8.02. The highest BCUT2D eigenvalue weighted by atomic mass is 16.5. The molecule has 1 saturated heterocycles. The summed E-state index contributed by atoms with van der Waals surface area (Å²) in [7, 11) is 0. The third-order valence-corrected chi connectivity index (χ3v) is 5.65. The van der Waals surface area contributed by atoms with Crippen LogP contribution in [0.2, 0.25) is 0 Å². The van der Waals surface area contributed by atoms with Gasteiger partial charge in [0.05, 0.1) is 19.8 Å². The molecule has 0 saturated carbocycles. The Hall–Kier alpha value is -2.87. The topological polar surface area (TPSA) is 85.8 Å². The van der Waals surface area contributed by atoms with E-state index in [-0.39, 0.29) is 0 Å². The zero-order chi connectivity index (χ0) is 23.6. The van der Waals surface area contributed by atoms with Gasteiger partial charge in [-0.3, -0.25) is 4.90 Å². The van der Waals surface area contributed by atoms with Crippen molar-refractivity contribution in [2.45, 2.75) is 59.5 Å². The van der Waals surface area contributed by atoms with Crippen LogP contribution in [0.15, 0.2) is 24.5 Å². The van der Waals surface area contributed by atoms with E-state index in [1.807, 2.05) is 38.4 Å². The molecule has 3 rings (SSSR count). The van der Waals surface area contributed by atoms with Crippen molar-refractivity contribution in [2.75, 3.05) is 38.2 Å². The summed E-state index contributed by atoms with van der Waals surface area (Å²) in [6.07, 6.45) is 6.73. The first-order valence-electron chi connectivity index (χ1n) is 12.0. The van der Waals surface area contributed by atoms with Crippen LogP contribution in [0.4, 0.5) is 5.95 Å². The van der Waals surface area contributed by atoms with Crippen molar-refractivity contribution in [1.82, 2.24) is 14.9 Å². The van der Waals surface area contributed by atoms with Gasteiger partial charge in [0, 0.05) is 38.1 Å². The van der Waals surface area contributed by atoms with Crippen LogP contribution in [0.3, 0.4) is 0 Å². The smallest absolute Gasteiger partial charge is 0.345 e. The van der Waals surface area contributed by atoms with E-state index in [4.69, 9.17) is 14.2 Å². The summed E-state index contributed by atoms with van der Waals surface area (Å²) >= 11 is 0. The predicted molar refractivity (Wildman–Crippen MR) is 128 cm³/mol. The SMILES string of the molecule is CCOC(=O)c1c(OCC)cc(CN2CCC(Nc3ncc(CC)cn3)CC2)cc1OCC. The molecule has 0 aliphatic carbocycles. The first-order valence-corrected chi connectivity index (χ1v) is 12.0. The molecule has 0 amide bonds. The average molecular weight is 457 g/mol. The minimum atomic E-state index is -0.419. The number of hydrogen-bond donors (Lipinski definition) is 1. The summed E-state index contributed by atoms with van der Waals surface area (Å²) in [5.74, 6) is 1.31. The molecule has 8 heteroatoms. The molecule has 1 aliphatic heterocycles. The van der Waals surface area contributed by atoms with E-state index in [2.05, 4.69) is 27.1 Å². The minimum Gasteiger partial charge on any atom is -0.493 e. The normalized spacial score (nSPS) is 14.7. The maximum Gasteiger partial charge on any atom is 0.345 e. The molecule has 0 bridgehead atoms. The molecule has 180 valence electrons. The summed E-state index contributed by atoms with van der Waals surface area (Å²) in [6, 6.07) is 4.23. The second-order valence-electron chi connectivity index (χ2n) is 8.02. The molecular weight excluding hydrogens is 420 g/mol. The van der Waals surface area contributed by atoms with E-state index in [0.29, 0.717) is 48.9 Å². The number of likely N-dealkylation sites (tertiary alicyclic amines) is 1. The number of carbonyl (C=O) groups is 1. The lowest BCUT2D eigenvalue weighted by atomic mass is 10.0. The lowest BCUT2D eigenvalue weighted by Crippen LogP contribution is -2.39. The highest BCUT2D eigenvalue weighted by Gasteiger charge is 2.24. The molecule has 2 heterocycles. The van der Waals surface area contributed by atoms with Crippen LogP contribution < -0.4 is 14.8 Å². The Morgan fingerprint density at radius 3 is 2.09 bits per heavy atom. The van der Waals surface area contributed by atoms with Crippen LogP contribution in [-0.4, -0.2) is 59.8 Å². The number of carbonyl (C=O) groups excluding carboxylic acids is 1. The summed E-state index contributed by atoms with van der Waals surface area (Å²) < 4.78 is 16.8. The van der Waals surface area contributed by atoms with Crippen LogP contribution in [0.1, 0.15) is 62.0 Å². The maximum atomic E-state index is 12.5. The highest BCUT2D eigenvalue weighted by molar-refractivity contribution is 5.96. The number of anilines is 1. The number of rotatable bonds is 11. The Bertz CT molecular complexity index is 869. The molecule has 8 nitrogen and oxygen atoms in total. The third-order valence-electron chi connectivity index (χ3n) is 5.65. The number of ether oxygens (including phenoxy) is 3. The van der Waals surface area contributed by atoms with Gasteiger partial charge in [0.1, 0.15) is 17.1 Å². The van der Waals surface area contributed by atoms with Crippen molar-refractivity contribution < 1.29 is 19.0 Å². The quantitative estimate of drug-likeness (QED) is 0.506. The Morgan fingerprint density at radius 2 is 1.58 bits per heavy atom. The van der Waals surface area contributed by atoms with E-state index < -0.39 is 5.97 Å². The zero-order valence-corrected chi connectivity index (χ0v) is 20.2. The van der Waals surface area contributed by atoms with Crippen molar-refractivity contribution in [3.8, 4) is 11.5 Å². The number of aromatic nitrogens is 2. The Morgan fingerprint density at radius 1 is 0.970 bits per heavy atom. The molecule has 1 fully saturated rings. The van der Waals surface area contributed by atoms with Gasteiger partial charge in [-0.25, -0.2) is 14.8 Å². The number of benzene rings is 1. The fourth-order valence-electron chi connectivity index (χ4n) is 3.97. The van der Waals surface area contributed by atoms with Gasteiger partial charge in [0.2, 0.25) is 5.95 Å². The van der Waals surface area contributed by atoms with Crippen molar-refractivity contribution >= 4 is 11.9 Å². The van der Waals surface area contributed by atoms with Gasteiger partial charge < -0.3 is 19.5 Å². The number of hydrogen-bond acceptors (Lipinski definition) is 8. The van der Waals surface area contributed by atoms with Crippen LogP contribution in [-0.2, 0) is 17.7 Å². The number of esters is 1. The predicted octanol–water partition coefficient (Wildman–Crippen LogP) is 4.09. The summed E-state index contributed by atoms with van der Waals surface area (Å²) in [6.45, 7) is 11.6. The second kappa shape index (κ2) is 12.4. The van der Waals surface area contributed by atoms with Gasteiger partial charge in [-0.2, -0.15) is 0 Å². The third kappa shape index (κ3) is 6.81. The molecule has 1 aromatic heterocycles. The van der Waals surface area contributed by atoms with Crippen molar-refractivity contribution in [2.24, 2.45) is 0 Å². The number of nitrogens with zero attached hydrogens (tertiary/aromatic N) is 3. The van der Waals surface area contributed by atoms with Crippen LogP contribution >= 0.6 is 0 Å². The zero-order valence-electron chi connectivity index (χ0n) is 20.2. The number of nitrogens with one attached hydrogen (secondary N) is 1. The first-order chi connectivity index (χ1) is 16.1. The Balaban J connectivity index is 1.65. The van der Waals surface area contributed by atoms with Gasteiger partial charge in [-0.15, -0.1) is 0 Å². The van der Waals surface area contributed by atoms with Crippen LogP contribution in [0.25, 0.3) is 0 Å². The lowest BCUT2D eigenvalue weighted by molar-refractivity contribution is 0.0517. The maximum absolute atomic E-state index is 12.5. The monoisotopic (exact) mass is 456 g/mol. The van der Waals surface area contributed by atoms with Gasteiger partial charge in [-0.1, -0.05) is 6.92 Å². The lowest BCUT2D eigenvalue weighted by Gasteiger charge is -2.32. The fourth-order valence-corrected chi connectivity index (χ4v) is 3.97. The molecule has 33 heavy (non-hydrogen) atoms. The van der Waals surface area contributed by atoms with Crippen molar-refractivity contribution in [3.05, 3.63) is 41.2 Å². The van der Waals surface area contributed by atoms with Gasteiger partial charge in [-0.05, 0) is 63.3 Å². The standard InChI is InChI=1S/C25H36N4O4/c1-5-18-15-26-25(27-16-18)28-20-9-11-29(12-10-20)17-19-13-21(31-6-2)23(24(30)33-8-4)22(14-19)32-7-3/h13-16,20H,5-12,17H2,1-4H3,(H,26,27,28). The van der Waals surface area contributed by atoms with E-state index in [9.17, 15) is 4.79 Å². The molecule has 1 N–H and O–H groups in total. The molecule has 0 radical (unpaired) electrons. The van der Waals surface area contributed by atoms with Crippen LogP contribution in [0.5, 0.6) is 11.5 Å². The van der Waals surface area contributed by atoms with Crippen molar-refractivity contribution in [1.29, 1.82) is 0 Å². The van der Waals surface area contributed by atoms with Gasteiger partial charge in [0.25, 0.3) is 0 Å². The molecular formula is C25H36N4O4. The summed E-state index contributed by atoms with van der Waals surface area (Å²) in [4.78, 5) is 23.8. The first kappa shape index (κ1) is 24.8. The minimum absolute atomic E-state index is 0.300. The summed E-state index contributed by atoms with van der Waals surface area (Å²) in [5.41, 5.74) is 2.56. The van der Waals surface area contributed by atoms with E-state index in [0.717, 1.165) is 50.0 Å². The number of aryl methyl sites for hydroxylation is 1. The fraction of sp³-hybridized carbons (Fsp3) is 0.560. The van der Waals surface area contributed by atoms with Crippen LogP contribution in [0, 0.1) is 0 Å². The van der Waals surface area contributed by atoms with E-state index >= 15 is 0 Å². The Labute approximate surface area is 196 Å². The van der Waals surface area contributed by atoms with E-state index in [1.54, 1.807) is 6.92 Å². The molecule has 0 unspecified atom stereocenters. The summed E-state index contributed by atoms with van der Waals surface area (Å²) in [5, 5.41) is 3.46. The molecule has 1 aromatic carbocycles. The van der Waals surface area contributed by atoms with E-state index in [1.165, 1.54) is 0 Å². The average Bonchev–Trinajstić information content (AvgIpc) is 2.81.